The Morgan fingerprint density at radius 1 is 1.41 bits per heavy atom. The third-order valence-electron chi connectivity index (χ3n) is 4.39. The molecule has 3 atom stereocenters. The van der Waals surface area contributed by atoms with E-state index in [1.165, 1.54) is 0 Å². The molecule has 6 heteroatoms. The highest BCUT2D eigenvalue weighted by Crippen LogP contribution is 2.47. The zero-order valence-electron chi connectivity index (χ0n) is 14.4. The van der Waals surface area contributed by atoms with Gasteiger partial charge in [-0.2, -0.15) is 0 Å². The van der Waals surface area contributed by atoms with Crippen LogP contribution in [0.1, 0.15) is 47.0 Å². The van der Waals surface area contributed by atoms with Crippen LogP contribution in [0.15, 0.2) is 12.2 Å². The van der Waals surface area contributed by atoms with Gasteiger partial charge in [0.25, 0.3) is 0 Å². The molecule has 0 radical (unpaired) electrons. The van der Waals surface area contributed by atoms with Crippen LogP contribution in [0.4, 0.5) is 0 Å². The summed E-state index contributed by atoms with van der Waals surface area (Å²) in [6.07, 6.45) is 2.89. The summed E-state index contributed by atoms with van der Waals surface area (Å²) < 4.78 is 23.0. The third kappa shape index (κ3) is 5.78. The fraction of sp³-hybridized carbons (Fsp3) is 0.875. The number of aliphatic hydroxyl groups is 1. The standard InChI is InChI=1S/C16H32NO4P/c1-6-20-22(19,21-7-2)11-10-17-15-12-14(13(3)4)8-9-16(15,5)18/h14-15,17-18H,3,6-12H2,1-2,4-5H3/t14-,15+,16+/m0/s1. The molecule has 1 aliphatic rings. The molecule has 0 aromatic carbocycles. The number of rotatable bonds is 9. The maximum atomic E-state index is 12.4. The van der Waals surface area contributed by atoms with E-state index in [-0.39, 0.29) is 6.04 Å². The van der Waals surface area contributed by atoms with Gasteiger partial charge in [0.2, 0.25) is 0 Å². The topological polar surface area (TPSA) is 67.8 Å². The van der Waals surface area contributed by atoms with Gasteiger partial charge in [-0.1, -0.05) is 12.2 Å². The van der Waals surface area contributed by atoms with Crippen molar-refractivity contribution in [2.75, 3.05) is 25.9 Å². The summed E-state index contributed by atoms with van der Waals surface area (Å²) in [6, 6.07) is -0.0281. The molecule has 0 bridgehead atoms. The lowest BCUT2D eigenvalue weighted by Gasteiger charge is -2.41. The lowest BCUT2D eigenvalue weighted by Crippen LogP contribution is -2.53. The second-order valence-corrected chi connectivity index (χ2v) is 8.54. The summed E-state index contributed by atoms with van der Waals surface area (Å²) in [6.45, 7) is 12.8. The molecule has 5 nitrogen and oxygen atoms in total. The van der Waals surface area contributed by atoms with Gasteiger partial charge in [-0.3, -0.25) is 4.57 Å². The van der Waals surface area contributed by atoms with E-state index in [0.717, 1.165) is 24.8 Å². The maximum Gasteiger partial charge on any atom is 0.331 e. The predicted molar refractivity (Wildman–Crippen MR) is 90.3 cm³/mol. The summed E-state index contributed by atoms with van der Waals surface area (Å²) in [5.41, 5.74) is 0.421. The Hall–Kier alpha value is -0.190. The monoisotopic (exact) mass is 333 g/mol. The van der Waals surface area contributed by atoms with E-state index in [1.807, 2.05) is 27.7 Å². The van der Waals surface area contributed by atoms with Gasteiger partial charge in [0.1, 0.15) is 0 Å². The van der Waals surface area contributed by atoms with Gasteiger partial charge in [-0.25, -0.2) is 0 Å². The Morgan fingerprint density at radius 2 is 2.00 bits per heavy atom. The van der Waals surface area contributed by atoms with Crippen LogP contribution in [0.25, 0.3) is 0 Å². The summed E-state index contributed by atoms with van der Waals surface area (Å²) in [5, 5.41) is 13.9. The van der Waals surface area contributed by atoms with Gasteiger partial charge in [-0.15, -0.1) is 0 Å². The van der Waals surface area contributed by atoms with E-state index in [2.05, 4.69) is 11.9 Å². The number of allylic oxidation sites excluding steroid dienone is 1. The fourth-order valence-corrected chi connectivity index (χ4v) is 4.51. The van der Waals surface area contributed by atoms with Crippen molar-refractivity contribution in [1.29, 1.82) is 0 Å². The van der Waals surface area contributed by atoms with Gasteiger partial charge >= 0.3 is 7.60 Å². The molecular formula is C16H32NO4P. The Kier molecular flexibility index (Phi) is 7.76. The summed E-state index contributed by atoms with van der Waals surface area (Å²) >= 11 is 0. The highest BCUT2D eigenvalue weighted by atomic mass is 31.2. The highest BCUT2D eigenvalue weighted by Gasteiger charge is 2.38. The van der Waals surface area contributed by atoms with Crippen LogP contribution in [0.2, 0.25) is 0 Å². The molecule has 1 fully saturated rings. The average Bonchev–Trinajstić information content (AvgIpc) is 2.40. The first-order valence-corrected chi connectivity index (χ1v) is 9.96. The molecule has 1 saturated carbocycles. The van der Waals surface area contributed by atoms with E-state index in [9.17, 15) is 9.67 Å². The van der Waals surface area contributed by atoms with Crippen molar-refractivity contribution >= 4 is 7.60 Å². The first-order valence-electron chi connectivity index (χ1n) is 8.23. The summed E-state index contributed by atoms with van der Waals surface area (Å²) in [7, 11) is -3.02. The molecule has 2 N–H and O–H groups in total. The van der Waals surface area contributed by atoms with Crippen molar-refractivity contribution in [2.45, 2.75) is 58.6 Å². The average molecular weight is 333 g/mol. The Bertz CT molecular complexity index is 401. The number of hydrogen-bond acceptors (Lipinski definition) is 5. The molecule has 0 unspecified atom stereocenters. The number of nitrogens with one attached hydrogen (secondary N) is 1. The summed E-state index contributed by atoms with van der Waals surface area (Å²) in [5.74, 6) is 0.434. The molecule has 0 aliphatic heterocycles. The van der Waals surface area contributed by atoms with Crippen molar-refractivity contribution in [1.82, 2.24) is 5.32 Å². The highest BCUT2D eigenvalue weighted by molar-refractivity contribution is 7.53. The molecule has 0 spiro atoms. The molecule has 0 aromatic heterocycles. The Morgan fingerprint density at radius 3 is 2.50 bits per heavy atom. The fourth-order valence-electron chi connectivity index (χ4n) is 2.98. The van der Waals surface area contributed by atoms with Gasteiger partial charge in [0, 0.05) is 12.6 Å². The minimum absolute atomic E-state index is 0.0281. The minimum atomic E-state index is -3.02. The Balaban J connectivity index is 2.56. The van der Waals surface area contributed by atoms with Crippen LogP contribution in [0.5, 0.6) is 0 Å². The van der Waals surface area contributed by atoms with Gasteiger partial charge in [0.15, 0.2) is 0 Å². The Labute approximate surface area is 135 Å². The van der Waals surface area contributed by atoms with Gasteiger partial charge in [0.05, 0.1) is 25.0 Å². The molecule has 1 aliphatic carbocycles. The molecular weight excluding hydrogens is 301 g/mol. The molecule has 0 saturated heterocycles. The second kappa shape index (κ2) is 8.60. The molecule has 22 heavy (non-hydrogen) atoms. The van der Waals surface area contributed by atoms with E-state index >= 15 is 0 Å². The molecule has 0 amide bonds. The van der Waals surface area contributed by atoms with Crippen molar-refractivity contribution in [3.05, 3.63) is 12.2 Å². The third-order valence-corrected chi connectivity index (χ3v) is 6.47. The quantitative estimate of drug-likeness (QED) is 0.500. The zero-order chi connectivity index (χ0) is 16.8. The van der Waals surface area contributed by atoms with Crippen LogP contribution >= 0.6 is 7.60 Å². The maximum absolute atomic E-state index is 12.4. The lowest BCUT2D eigenvalue weighted by molar-refractivity contribution is -0.0193. The largest absolute Gasteiger partial charge is 0.389 e. The van der Waals surface area contributed by atoms with Gasteiger partial charge < -0.3 is 19.5 Å². The van der Waals surface area contributed by atoms with Gasteiger partial charge in [-0.05, 0) is 52.9 Å². The van der Waals surface area contributed by atoms with Crippen LogP contribution < -0.4 is 5.32 Å². The second-order valence-electron chi connectivity index (χ2n) is 6.35. The first-order chi connectivity index (χ1) is 10.2. The SMILES string of the molecule is C=C(C)[C@H]1CC[C@@](C)(O)[C@H](NCCP(=O)(OCC)OCC)C1. The van der Waals surface area contributed by atoms with Crippen LogP contribution in [0, 0.1) is 5.92 Å². The van der Waals surface area contributed by atoms with Crippen LogP contribution in [0.3, 0.4) is 0 Å². The van der Waals surface area contributed by atoms with Crippen molar-refractivity contribution in [3.8, 4) is 0 Å². The zero-order valence-corrected chi connectivity index (χ0v) is 15.3. The lowest BCUT2D eigenvalue weighted by atomic mass is 9.74. The smallest absolute Gasteiger partial charge is 0.331 e. The first kappa shape index (κ1) is 19.9. The molecule has 0 aromatic rings. The summed E-state index contributed by atoms with van der Waals surface area (Å²) in [4.78, 5) is 0. The van der Waals surface area contributed by atoms with Crippen molar-refractivity contribution in [2.24, 2.45) is 5.92 Å². The van der Waals surface area contributed by atoms with Crippen LogP contribution in [-0.2, 0) is 13.6 Å². The molecule has 130 valence electrons. The van der Waals surface area contributed by atoms with Crippen LogP contribution in [-0.4, -0.2) is 42.7 Å². The van der Waals surface area contributed by atoms with E-state index in [1.54, 1.807) is 0 Å². The van der Waals surface area contributed by atoms with E-state index in [4.69, 9.17) is 9.05 Å². The normalized spacial score (nSPS) is 29.5. The minimum Gasteiger partial charge on any atom is -0.389 e. The van der Waals surface area contributed by atoms with E-state index < -0.39 is 13.2 Å². The number of hydrogen-bond donors (Lipinski definition) is 2. The predicted octanol–water partition coefficient (Wildman–Crippen LogP) is 3.34. The molecule has 0 heterocycles. The van der Waals surface area contributed by atoms with Crippen molar-refractivity contribution in [3.63, 3.8) is 0 Å². The van der Waals surface area contributed by atoms with E-state index in [0.29, 0.717) is 31.8 Å². The molecule has 1 rings (SSSR count). The van der Waals surface area contributed by atoms with Crippen molar-refractivity contribution < 1.29 is 18.7 Å².